The third kappa shape index (κ3) is 6.08. The molecule has 0 spiro atoms. The first-order valence-corrected chi connectivity index (χ1v) is 2.32. The van der Waals surface area contributed by atoms with E-state index < -0.39 is 25.5 Å². The van der Waals surface area contributed by atoms with Gasteiger partial charge in [0.05, 0.1) is 13.2 Å². The van der Waals surface area contributed by atoms with Gasteiger partial charge in [-0.15, -0.1) is 0 Å². The molecule has 0 amide bonds. The fraction of sp³-hybridized carbons (Fsp3) is 0.750. The van der Waals surface area contributed by atoms with Crippen LogP contribution in [0.5, 0.6) is 0 Å². The first-order valence-electron chi connectivity index (χ1n) is 2.32. The third-order valence-corrected chi connectivity index (χ3v) is 0.675. The standard InChI is InChI=1S/C4H8O5.Mg.2H/c5-1-3(2-6)9-4(7)8;;;/h3,5-6H,1-2H2,(H,7,8);;;. The lowest BCUT2D eigenvalue weighted by molar-refractivity contribution is -0.00279. The molecule has 10 heavy (non-hydrogen) atoms. The highest BCUT2D eigenvalue weighted by atomic mass is 24.3. The predicted octanol–water partition coefficient (Wildman–Crippen LogP) is -1.88. The maximum absolute atomic E-state index is 9.68. The quantitative estimate of drug-likeness (QED) is 0.334. The molecule has 58 valence electrons. The van der Waals surface area contributed by atoms with Gasteiger partial charge in [-0.25, -0.2) is 4.79 Å². The van der Waals surface area contributed by atoms with Crippen LogP contribution in [0.25, 0.3) is 0 Å². The van der Waals surface area contributed by atoms with Gasteiger partial charge in [-0.05, 0) is 0 Å². The topological polar surface area (TPSA) is 87.0 Å². The Balaban J connectivity index is 0. The number of hydrogen-bond donors (Lipinski definition) is 3. The number of rotatable bonds is 3. The van der Waals surface area contributed by atoms with Gasteiger partial charge in [0.2, 0.25) is 0 Å². The molecular weight excluding hydrogens is 152 g/mol. The van der Waals surface area contributed by atoms with E-state index in [4.69, 9.17) is 15.3 Å². The van der Waals surface area contributed by atoms with Crippen molar-refractivity contribution in [1.82, 2.24) is 0 Å². The van der Waals surface area contributed by atoms with Crippen molar-refractivity contribution in [3.63, 3.8) is 0 Å². The predicted molar refractivity (Wildman–Crippen MR) is 35.6 cm³/mol. The fourth-order valence-electron chi connectivity index (χ4n) is 0.275. The first kappa shape index (κ1) is 12.6. The SMILES string of the molecule is O=C(O)OC(CO)CO.[MgH2]. The summed E-state index contributed by atoms with van der Waals surface area (Å²) < 4.78 is 3.97. The summed E-state index contributed by atoms with van der Waals surface area (Å²) in [7, 11) is 0. The number of ether oxygens (including phenoxy) is 1. The minimum absolute atomic E-state index is 0. The number of aliphatic hydroxyl groups excluding tert-OH is 2. The van der Waals surface area contributed by atoms with Gasteiger partial charge in [0.15, 0.2) is 6.10 Å². The Morgan fingerprint density at radius 1 is 1.40 bits per heavy atom. The summed E-state index contributed by atoms with van der Waals surface area (Å²) in [6.45, 7) is -0.994. The van der Waals surface area contributed by atoms with Crippen LogP contribution in [0.4, 0.5) is 4.79 Å². The molecule has 0 aliphatic rings. The molecule has 0 unspecified atom stereocenters. The molecule has 0 aromatic rings. The normalized spacial score (nSPS) is 8.70. The molecule has 5 nitrogen and oxygen atoms in total. The molecule has 0 aliphatic heterocycles. The zero-order chi connectivity index (χ0) is 7.28. The average Bonchev–Trinajstić information content (AvgIpc) is 1.82. The molecule has 0 fully saturated rings. The molecule has 0 aliphatic carbocycles. The van der Waals surface area contributed by atoms with Gasteiger partial charge in [0, 0.05) is 0 Å². The van der Waals surface area contributed by atoms with E-state index in [0.29, 0.717) is 0 Å². The second kappa shape index (κ2) is 7.07. The highest BCUT2D eigenvalue weighted by molar-refractivity contribution is 5.75. The second-order valence-corrected chi connectivity index (χ2v) is 1.37. The van der Waals surface area contributed by atoms with Crippen LogP contribution in [0.2, 0.25) is 0 Å². The van der Waals surface area contributed by atoms with Crippen LogP contribution in [0.15, 0.2) is 0 Å². The summed E-state index contributed by atoms with van der Waals surface area (Å²) in [5.41, 5.74) is 0. The third-order valence-electron chi connectivity index (χ3n) is 0.675. The number of carboxylic acid groups (broad SMARTS) is 1. The van der Waals surface area contributed by atoms with Crippen LogP contribution < -0.4 is 0 Å². The van der Waals surface area contributed by atoms with Crippen LogP contribution in [-0.4, -0.2) is 63.8 Å². The minimum Gasteiger partial charge on any atom is -0.450 e. The summed E-state index contributed by atoms with van der Waals surface area (Å²) in [6, 6.07) is 0. The summed E-state index contributed by atoms with van der Waals surface area (Å²) in [4.78, 5) is 9.68. The Morgan fingerprint density at radius 2 is 1.80 bits per heavy atom. The highest BCUT2D eigenvalue weighted by Gasteiger charge is 2.09. The highest BCUT2D eigenvalue weighted by Crippen LogP contribution is 1.88. The van der Waals surface area contributed by atoms with E-state index in [0.717, 1.165) is 0 Å². The van der Waals surface area contributed by atoms with Crippen LogP contribution in [-0.2, 0) is 4.74 Å². The molecule has 0 atom stereocenters. The number of aliphatic hydroxyl groups is 2. The van der Waals surface area contributed by atoms with Crippen molar-refractivity contribution in [2.75, 3.05) is 13.2 Å². The average molecular weight is 162 g/mol. The Morgan fingerprint density at radius 3 is 1.90 bits per heavy atom. The van der Waals surface area contributed by atoms with Crippen LogP contribution >= 0.6 is 0 Å². The van der Waals surface area contributed by atoms with Crippen molar-refractivity contribution < 1.29 is 24.9 Å². The molecule has 0 heterocycles. The molecule has 0 aromatic heterocycles. The maximum Gasteiger partial charge on any atom is 0.506 e. The van der Waals surface area contributed by atoms with Crippen molar-refractivity contribution >= 4 is 29.2 Å². The summed E-state index contributed by atoms with van der Waals surface area (Å²) in [6.07, 6.45) is -2.51. The van der Waals surface area contributed by atoms with Crippen molar-refractivity contribution in [2.45, 2.75) is 6.10 Å². The summed E-state index contributed by atoms with van der Waals surface area (Å²) in [5, 5.41) is 24.4. The molecule has 0 aromatic carbocycles. The molecule has 0 radical (unpaired) electrons. The van der Waals surface area contributed by atoms with Gasteiger partial charge in [-0.1, -0.05) is 0 Å². The molecular formula is C4H10MgO5. The number of carbonyl (C=O) groups is 1. The van der Waals surface area contributed by atoms with Crippen LogP contribution in [0.1, 0.15) is 0 Å². The Bertz CT molecular complexity index is 91.6. The Hall–Kier alpha value is -0.0438. The van der Waals surface area contributed by atoms with Crippen molar-refractivity contribution in [3.05, 3.63) is 0 Å². The van der Waals surface area contributed by atoms with Gasteiger partial charge >= 0.3 is 29.2 Å². The van der Waals surface area contributed by atoms with Gasteiger partial charge in [-0.3, -0.25) is 0 Å². The molecule has 0 saturated carbocycles. The number of hydrogen-bond acceptors (Lipinski definition) is 4. The van der Waals surface area contributed by atoms with Crippen LogP contribution in [0.3, 0.4) is 0 Å². The first-order chi connectivity index (χ1) is 4.20. The molecule has 0 rings (SSSR count). The van der Waals surface area contributed by atoms with Gasteiger partial charge in [0.25, 0.3) is 0 Å². The van der Waals surface area contributed by atoms with E-state index in [1.807, 2.05) is 0 Å². The van der Waals surface area contributed by atoms with E-state index in [9.17, 15) is 4.79 Å². The van der Waals surface area contributed by atoms with E-state index in [1.165, 1.54) is 0 Å². The lowest BCUT2D eigenvalue weighted by atomic mass is 10.4. The zero-order valence-corrected chi connectivity index (χ0v) is 4.65. The smallest absolute Gasteiger partial charge is 0.450 e. The molecule has 0 bridgehead atoms. The van der Waals surface area contributed by atoms with Crippen molar-refractivity contribution in [1.29, 1.82) is 0 Å². The summed E-state index contributed by atoms with van der Waals surface area (Å²) in [5.74, 6) is 0. The monoisotopic (exact) mass is 162 g/mol. The summed E-state index contributed by atoms with van der Waals surface area (Å²) >= 11 is 0. The second-order valence-electron chi connectivity index (χ2n) is 1.37. The van der Waals surface area contributed by atoms with Gasteiger partial charge in [-0.2, -0.15) is 0 Å². The Labute approximate surface area is 73.8 Å². The molecule has 3 N–H and O–H groups in total. The van der Waals surface area contributed by atoms with Crippen molar-refractivity contribution in [2.24, 2.45) is 0 Å². The maximum atomic E-state index is 9.68. The van der Waals surface area contributed by atoms with E-state index >= 15 is 0 Å². The zero-order valence-electron chi connectivity index (χ0n) is 4.65. The lowest BCUT2D eigenvalue weighted by Gasteiger charge is -2.07. The molecule has 0 saturated heterocycles. The van der Waals surface area contributed by atoms with Crippen molar-refractivity contribution in [3.8, 4) is 0 Å². The van der Waals surface area contributed by atoms with E-state index in [-0.39, 0.29) is 23.1 Å². The minimum atomic E-state index is -1.50. The lowest BCUT2D eigenvalue weighted by Crippen LogP contribution is -2.24. The van der Waals surface area contributed by atoms with Crippen LogP contribution in [0, 0.1) is 0 Å². The van der Waals surface area contributed by atoms with E-state index in [2.05, 4.69) is 4.74 Å². The Kier molecular flexibility index (Phi) is 8.92. The van der Waals surface area contributed by atoms with Gasteiger partial charge < -0.3 is 20.1 Å². The van der Waals surface area contributed by atoms with E-state index in [1.54, 1.807) is 0 Å². The molecule has 6 heteroatoms. The fourth-order valence-corrected chi connectivity index (χ4v) is 0.275. The van der Waals surface area contributed by atoms with Gasteiger partial charge in [0.1, 0.15) is 0 Å². The largest absolute Gasteiger partial charge is 0.506 e.